The molecule has 30 heavy (non-hydrogen) atoms. The Morgan fingerprint density at radius 3 is 2.63 bits per heavy atom. The monoisotopic (exact) mass is 537 g/mol. The molecule has 2 aliphatic rings. The molecule has 2 atom stereocenters. The van der Waals surface area contributed by atoms with Crippen LogP contribution in [0.2, 0.25) is 0 Å². The summed E-state index contributed by atoms with van der Waals surface area (Å²) in [4.78, 5) is 9.01. The number of hydrogen-bond acceptors (Lipinski definition) is 4. The molecule has 0 aliphatic carbocycles. The number of guanidine groups is 1. The molecule has 1 aromatic carbocycles. The van der Waals surface area contributed by atoms with Gasteiger partial charge in [-0.15, -0.1) is 24.0 Å². The molecule has 0 aromatic heterocycles. The van der Waals surface area contributed by atoms with Crippen LogP contribution in [0, 0.1) is 0 Å². The van der Waals surface area contributed by atoms with Crippen LogP contribution in [-0.2, 0) is 0 Å². The first-order valence-corrected chi connectivity index (χ1v) is 10.6. The zero-order chi connectivity index (χ0) is 20.6. The Balaban J connectivity index is 0.00000320. The molecule has 2 unspecified atom stereocenters. The Morgan fingerprint density at radius 1 is 1.23 bits per heavy atom. The van der Waals surface area contributed by atoms with E-state index >= 15 is 0 Å². The van der Waals surface area contributed by atoms with Gasteiger partial charge in [0.15, 0.2) is 5.96 Å². The lowest BCUT2D eigenvalue weighted by Gasteiger charge is -2.28. The molecule has 0 spiro atoms. The topological polar surface area (TPSA) is 52.1 Å². The number of halogens is 3. The van der Waals surface area contributed by atoms with Gasteiger partial charge in [-0.1, -0.05) is 19.1 Å². The van der Waals surface area contributed by atoms with Gasteiger partial charge in [0, 0.05) is 38.8 Å². The van der Waals surface area contributed by atoms with Gasteiger partial charge in [0.25, 0.3) is 0 Å². The number of hydrogen-bond donors (Lipinski definition) is 2. The number of alkyl halides is 2. The van der Waals surface area contributed by atoms with Crippen molar-refractivity contribution in [1.29, 1.82) is 0 Å². The van der Waals surface area contributed by atoms with Crippen LogP contribution in [0.25, 0.3) is 0 Å². The van der Waals surface area contributed by atoms with Crippen LogP contribution in [0.3, 0.4) is 0 Å². The van der Waals surface area contributed by atoms with Gasteiger partial charge < -0.3 is 20.3 Å². The Labute approximate surface area is 195 Å². The first kappa shape index (κ1) is 24.9. The standard InChI is InChI=1S/C21H33F2N5O.HI/c1-3-17(27-11-6-7-12-27)14-25-21(24-2)26-16-10-13-28(15-16)18-8-4-5-9-19(18)29-20(22)23;/h4-5,8-9,16-17,20H,3,6-7,10-15H2,1-2H3,(H2,24,25,26);1H. The van der Waals surface area contributed by atoms with E-state index in [1.54, 1.807) is 19.2 Å². The van der Waals surface area contributed by atoms with Crippen molar-refractivity contribution in [1.82, 2.24) is 15.5 Å². The van der Waals surface area contributed by atoms with Gasteiger partial charge in [-0.25, -0.2) is 0 Å². The molecule has 2 aliphatic heterocycles. The average molecular weight is 537 g/mol. The maximum atomic E-state index is 12.7. The number of anilines is 1. The molecule has 0 bridgehead atoms. The van der Waals surface area contributed by atoms with Crippen LogP contribution in [0.15, 0.2) is 29.3 Å². The lowest BCUT2D eigenvalue weighted by molar-refractivity contribution is -0.0495. The Bertz CT molecular complexity index is 673. The van der Waals surface area contributed by atoms with E-state index in [1.807, 2.05) is 12.1 Å². The van der Waals surface area contributed by atoms with Gasteiger partial charge in [-0.3, -0.25) is 9.89 Å². The van der Waals surface area contributed by atoms with Gasteiger partial charge in [-0.2, -0.15) is 8.78 Å². The van der Waals surface area contributed by atoms with E-state index in [9.17, 15) is 8.78 Å². The van der Waals surface area contributed by atoms with Crippen LogP contribution in [0.5, 0.6) is 5.75 Å². The number of benzene rings is 1. The number of ether oxygens (including phenoxy) is 1. The van der Waals surface area contributed by atoms with Crippen LogP contribution < -0.4 is 20.3 Å². The van der Waals surface area contributed by atoms with Gasteiger partial charge >= 0.3 is 6.61 Å². The summed E-state index contributed by atoms with van der Waals surface area (Å²) in [6.07, 6.45) is 4.60. The van der Waals surface area contributed by atoms with Crippen molar-refractivity contribution in [2.45, 2.75) is 51.3 Å². The van der Waals surface area contributed by atoms with Crippen LogP contribution in [0.4, 0.5) is 14.5 Å². The van der Waals surface area contributed by atoms with Crippen molar-refractivity contribution >= 4 is 35.6 Å². The number of likely N-dealkylation sites (tertiary alicyclic amines) is 1. The van der Waals surface area contributed by atoms with Crippen LogP contribution in [0.1, 0.15) is 32.6 Å². The predicted octanol–water partition coefficient (Wildman–Crippen LogP) is 3.52. The van der Waals surface area contributed by atoms with Gasteiger partial charge in [-0.05, 0) is 50.9 Å². The third-order valence-electron chi connectivity index (χ3n) is 5.81. The molecule has 2 N–H and O–H groups in total. The van der Waals surface area contributed by atoms with Crippen molar-refractivity contribution in [3.05, 3.63) is 24.3 Å². The maximum Gasteiger partial charge on any atom is 0.387 e. The fourth-order valence-electron chi connectivity index (χ4n) is 4.25. The number of para-hydroxylation sites is 2. The zero-order valence-corrected chi connectivity index (χ0v) is 20.1. The summed E-state index contributed by atoms with van der Waals surface area (Å²) in [6.45, 7) is 4.15. The Hall–Kier alpha value is -1.36. The summed E-state index contributed by atoms with van der Waals surface area (Å²) in [7, 11) is 1.78. The maximum absolute atomic E-state index is 12.7. The molecule has 3 rings (SSSR count). The molecular weight excluding hydrogens is 503 g/mol. The highest BCUT2D eigenvalue weighted by Crippen LogP contribution is 2.31. The molecule has 1 aromatic rings. The first-order chi connectivity index (χ1) is 14.1. The highest BCUT2D eigenvalue weighted by Gasteiger charge is 2.26. The van der Waals surface area contributed by atoms with E-state index in [2.05, 4.69) is 37.1 Å². The SMILES string of the molecule is CCC(CNC(=NC)NC1CCN(c2ccccc2OC(F)F)C1)N1CCCC1.I. The van der Waals surface area contributed by atoms with Crippen molar-refractivity contribution in [2.75, 3.05) is 44.7 Å². The van der Waals surface area contributed by atoms with E-state index in [4.69, 9.17) is 0 Å². The Kier molecular flexibility index (Phi) is 10.4. The number of rotatable bonds is 8. The summed E-state index contributed by atoms with van der Waals surface area (Å²) < 4.78 is 30.1. The van der Waals surface area contributed by atoms with Crippen LogP contribution >= 0.6 is 24.0 Å². The van der Waals surface area contributed by atoms with E-state index in [-0.39, 0.29) is 35.8 Å². The quantitative estimate of drug-likeness (QED) is 0.302. The van der Waals surface area contributed by atoms with Crippen LogP contribution in [-0.4, -0.2) is 69.3 Å². The van der Waals surface area contributed by atoms with Crippen molar-refractivity contribution in [2.24, 2.45) is 4.99 Å². The number of nitrogens with zero attached hydrogens (tertiary/aromatic N) is 3. The molecule has 2 fully saturated rings. The minimum absolute atomic E-state index is 0. The Morgan fingerprint density at radius 2 is 1.97 bits per heavy atom. The fourth-order valence-corrected chi connectivity index (χ4v) is 4.25. The third-order valence-corrected chi connectivity index (χ3v) is 5.81. The van der Waals surface area contributed by atoms with E-state index < -0.39 is 6.61 Å². The van der Waals surface area contributed by atoms with E-state index in [1.165, 1.54) is 25.9 Å². The largest absolute Gasteiger partial charge is 0.433 e. The second-order valence-corrected chi connectivity index (χ2v) is 7.68. The highest BCUT2D eigenvalue weighted by molar-refractivity contribution is 14.0. The first-order valence-electron chi connectivity index (χ1n) is 10.6. The van der Waals surface area contributed by atoms with E-state index in [0.29, 0.717) is 18.3 Å². The zero-order valence-electron chi connectivity index (χ0n) is 17.8. The molecular formula is C21H34F2IN5O. The fraction of sp³-hybridized carbons (Fsp3) is 0.667. The molecule has 0 saturated carbocycles. The third kappa shape index (κ3) is 6.83. The predicted molar refractivity (Wildman–Crippen MR) is 128 cm³/mol. The summed E-state index contributed by atoms with van der Waals surface area (Å²) in [6, 6.07) is 7.70. The lowest BCUT2D eigenvalue weighted by Crippen LogP contribution is -2.49. The molecule has 0 amide bonds. The summed E-state index contributed by atoms with van der Waals surface area (Å²) in [5.41, 5.74) is 0.708. The lowest BCUT2D eigenvalue weighted by atomic mass is 10.2. The van der Waals surface area contributed by atoms with Gasteiger partial charge in [0.1, 0.15) is 5.75 Å². The molecule has 6 nitrogen and oxygen atoms in total. The summed E-state index contributed by atoms with van der Waals surface area (Å²) in [5.74, 6) is 1.02. The smallest absolute Gasteiger partial charge is 0.387 e. The highest BCUT2D eigenvalue weighted by atomic mass is 127. The van der Waals surface area contributed by atoms with Gasteiger partial charge in [0.05, 0.1) is 5.69 Å². The summed E-state index contributed by atoms with van der Waals surface area (Å²) in [5, 5.41) is 6.96. The van der Waals surface area contributed by atoms with Crippen molar-refractivity contribution < 1.29 is 13.5 Å². The second kappa shape index (κ2) is 12.5. The van der Waals surface area contributed by atoms with Crippen molar-refractivity contribution in [3.8, 4) is 5.75 Å². The molecule has 9 heteroatoms. The van der Waals surface area contributed by atoms with Crippen molar-refractivity contribution in [3.63, 3.8) is 0 Å². The molecule has 0 radical (unpaired) electrons. The number of nitrogens with one attached hydrogen (secondary N) is 2. The molecule has 2 saturated heterocycles. The second-order valence-electron chi connectivity index (χ2n) is 7.68. The average Bonchev–Trinajstić information content (AvgIpc) is 3.40. The van der Waals surface area contributed by atoms with Gasteiger partial charge in [0.2, 0.25) is 0 Å². The summed E-state index contributed by atoms with van der Waals surface area (Å²) >= 11 is 0. The minimum atomic E-state index is -2.82. The minimum Gasteiger partial charge on any atom is -0.433 e. The number of aliphatic imine (C=N–C) groups is 1. The normalized spacial score (nSPS) is 20.9. The van der Waals surface area contributed by atoms with E-state index in [0.717, 1.165) is 31.9 Å². The molecule has 2 heterocycles. The molecule has 170 valence electrons.